The second-order valence-corrected chi connectivity index (χ2v) is 7.46. The molecule has 0 saturated heterocycles. The number of aliphatic hydroxyl groups is 1. The zero-order chi connectivity index (χ0) is 18.8. The zero-order valence-corrected chi connectivity index (χ0v) is 16.7. The second-order valence-electron chi connectivity index (χ2n) is 5.86. The highest BCUT2D eigenvalue weighted by molar-refractivity contribution is 14.1. The standard InChI is InChI=1S/C18H15ClIN3O3/c1-22-17(15(20)10-21-22)18(24)14-9-12(4-7-16(14)23(25)26)8-11-2-5-13(19)6-3-11/h2-7,9-10,18,24H,8H2,1H3. The summed E-state index contributed by atoms with van der Waals surface area (Å²) < 4.78 is 2.28. The van der Waals surface area contributed by atoms with Crippen molar-refractivity contribution < 1.29 is 10.0 Å². The fourth-order valence-corrected chi connectivity index (χ4v) is 3.71. The van der Waals surface area contributed by atoms with E-state index in [-0.39, 0.29) is 11.3 Å². The molecule has 1 aromatic heterocycles. The Morgan fingerprint density at radius 1 is 1.27 bits per heavy atom. The molecule has 0 spiro atoms. The van der Waals surface area contributed by atoms with Crippen molar-refractivity contribution in [2.75, 3.05) is 0 Å². The Kier molecular flexibility index (Phi) is 5.59. The number of hydrogen-bond donors (Lipinski definition) is 1. The third kappa shape index (κ3) is 3.89. The number of nitro benzene ring substituents is 1. The van der Waals surface area contributed by atoms with Crippen LogP contribution in [0, 0.1) is 13.7 Å². The van der Waals surface area contributed by atoms with Gasteiger partial charge in [-0.1, -0.05) is 29.8 Å². The summed E-state index contributed by atoms with van der Waals surface area (Å²) >= 11 is 7.96. The summed E-state index contributed by atoms with van der Waals surface area (Å²) in [6.45, 7) is 0. The molecule has 3 aromatic rings. The molecule has 6 nitrogen and oxygen atoms in total. The first kappa shape index (κ1) is 18.8. The Labute approximate surface area is 168 Å². The van der Waals surface area contributed by atoms with Crippen LogP contribution < -0.4 is 0 Å². The molecule has 0 aliphatic rings. The molecule has 1 atom stereocenters. The Hall–Kier alpha value is -1.97. The van der Waals surface area contributed by atoms with Crippen molar-refractivity contribution in [3.63, 3.8) is 0 Å². The van der Waals surface area contributed by atoms with Crippen LogP contribution in [0.5, 0.6) is 0 Å². The van der Waals surface area contributed by atoms with Crippen LogP contribution in [-0.4, -0.2) is 19.8 Å². The van der Waals surface area contributed by atoms with Gasteiger partial charge in [0, 0.05) is 18.1 Å². The van der Waals surface area contributed by atoms with E-state index in [1.165, 1.54) is 10.7 Å². The van der Waals surface area contributed by atoms with Gasteiger partial charge >= 0.3 is 0 Å². The molecular weight excluding hydrogens is 469 g/mol. The monoisotopic (exact) mass is 483 g/mol. The van der Waals surface area contributed by atoms with Crippen LogP contribution in [0.4, 0.5) is 5.69 Å². The predicted octanol–water partition coefficient (Wildman–Crippen LogP) is 4.26. The maximum atomic E-state index is 11.4. The summed E-state index contributed by atoms with van der Waals surface area (Å²) in [5, 5.41) is 27.0. The fraction of sp³-hybridized carbons (Fsp3) is 0.167. The molecule has 0 bridgehead atoms. The number of aromatic nitrogens is 2. The van der Waals surface area contributed by atoms with Gasteiger partial charge in [0.05, 0.1) is 25.9 Å². The molecule has 26 heavy (non-hydrogen) atoms. The Balaban J connectivity index is 2.01. The largest absolute Gasteiger partial charge is 0.382 e. The quantitative estimate of drug-likeness (QED) is 0.334. The molecule has 1 heterocycles. The number of rotatable bonds is 5. The molecular formula is C18H15ClIN3O3. The fourth-order valence-electron chi connectivity index (χ4n) is 2.81. The minimum atomic E-state index is -1.14. The Morgan fingerprint density at radius 3 is 2.50 bits per heavy atom. The number of hydrogen-bond acceptors (Lipinski definition) is 4. The van der Waals surface area contributed by atoms with Gasteiger partial charge in [-0.15, -0.1) is 0 Å². The SMILES string of the molecule is Cn1ncc(I)c1C(O)c1cc(Cc2ccc(Cl)cc2)ccc1[N+](=O)[O-]. The van der Waals surface area contributed by atoms with Crippen LogP contribution in [0.15, 0.2) is 48.7 Å². The number of aryl methyl sites for hydroxylation is 1. The van der Waals surface area contributed by atoms with E-state index >= 15 is 0 Å². The van der Waals surface area contributed by atoms with Crippen LogP contribution in [-0.2, 0) is 13.5 Å². The number of nitrogens with zero attached hydrogens (tertiary/aromatic N) is 3. The van der Waals surface area contributed by atoms with Crippen LogP contribution in [0.2, 0.25) is 5.02 Å². The van der Waals surface area contributed by atoms with Crippen molar-refractivity contribution in [2.24, 2.45) is 7.05 Å². The van der Waals surface area contributed by atoms with Gasteiger partial charge in [-0.3, -0.25) is 14.8 Å². The van der Waals surface area contributed by atoms with Crippen LogP contribution in [0.25, 0.3) is 0 Å². The molecule has 0 radical (unpaired) electrons. The van der Waals surface area contributed by atoms with Gasteiger partial charge in [0.2, 0.25) is 0 Å². The maximum absolute atomic E-state index is 11.4. The summed E-state index contributed by atoms with van der Waals surface area (Å²) in [4.78, 5) is 10.9. The highest BCUT2D eigenvalue weighted by Crippen LogP contribution is 2.33. The van der Waals surface area contributed by atoms with Gasteiger partial charge in [-0.25, -0.2) is 0 Å². The first-order valence-corrected chi connectivity index (χ1v) is 9.19. The van der Waals surface area contributed by atoms with Crippen molar-refractivity contribution in [3.8, 4) is 0 Å². The van der Waals surface area contributed by atoms with E-state index in [4.69, 9.17) is 11.6 Å². The van der Waals surface area contributed by atoms with E-state index in [1.54, 1.807) is 37.5 Å². The minimum absolute atomic E-state index is 0.116. The molecule has 3 rings (SSSR count). The smallest absolute Gasteiger partial charge is 0.275 e. The topological polar surface area (TPSA) is 81.2 Å². The normalized spacial score (nSPS) is 12.2. The molecule has 0 fully saturated rings. The van der Waals surface area contributed by atoms with Gasteiger partial charge < -0.3 is 5.11 Å². The summed E-state index contributed by atoms with van der Waals surface area (Å²) in [6, 6.07) is 12.2. The molecule has 1 N–H and O–H groups in total. The number of benzene rings is 2. The highest BCUT2D eigenvalue weighted by Gasteiger charge is 2.26. The van der Waals surface area contributed by atoms with Gasteiger partial charge in [0.1, 0.15) is 6.10 Å². The third-order valence-electron chi connectivity index (χ3n) is 4.10. The lowest BCUT2D eigenvalue weighted by atomic mass is 9.98. The highest BCUT2D eigenvalue weighted by atomic mass is 127. The molecule has 0 aliphatic heterocycles. The summed E-state index contributed by atoms with van der Waals surface area (Å²) in [6.07, 6.45) is 1.06. The first-order valence-electron chi connectivity index (χ1n) is 7.74. The summed E-state index contributed by atoms with van der Waals surface area (Å²) in [7, 11) is 1.70. The second kappa shape index (κ2) is 7.73. The molecule has 0 aliphatic carbocycles. The number of nitro groups is 1. The van der Waals surface area contributed by atoms with Crippen molar-refractivity contribution in [1.82, 2.24) is 9.78 Å². The van der Waals surface area contributed by atoms with Crippen LogP contribution >= 0.6 is 34.2 Å². The van der Waals surface area contributed by atoms with Gasteiger partial charge in [0.25, 0.3) is 5.69 Å². The molecule has 0 amide bonds. The van der Waals surface area contributed by atoms with Crippen LogP contribution in [0.3, 0.4) is 0 Å². The van der Waals surface area contributed by atoms with Gasteiger partial charge in [-0.05, 0) is 58.3 Å². The average molecular weight is 484 g/mol. The summed E-state index contributed by atoms with van der Waals surface area (Å²) in [5.74, 6) is 0. The van der Waals surface area contributed by atoms with Crippen molar-refractivity contribution in [3.05, 3.63) is 89.8 Å². The zero-order valence-electron chi connectivity index (χ0n) is 13.8. The van der Waals surface area contributed by atoms with Crippen molar-refractivity contribution >= 4 is 39.9 Å². The number of aliphatic hydroxyl groups excluding tert-OH is 1. The van der Waals surface area contributed by atoms with E-state index in [9.17, 15) is 15.2 Å². The molecule has 0 saturated carbocycles. The molecule has 134 valence electrons. The van der Waals surface area contributed by atoms with E-state index in [2.05, 4.69) is 27.7 Å². The van der Waals surface area contributed by atoms with Gasteiger partial charge in [-0.2, -0.15) is 5.10 Å². The minimum Gasteiger partial charge on any atom is -0.382 e. The number of halogens is 2. The lowest BCUT2D eigenvalue weighted by molar-refractivity contribution is -0.386. The molecule has 2 aromatic carbocycles. The van der Waals surface area contributed by atoms with E-state index in [0.29, 0.717) is 17.1 Å². The summed E-state index contributed by atoms with van der Waals surface area (Å²) in [5.41, 5.74) is 2.55. The maximum Gasteiger partial charge on any atom is 0.275 e. The Bertz CT molecular complexity index is 937. The first-order chi connectivity index (χ1) is 12.4. The lowest BCUT2D eigenvalue weighted by Crippen LogP contribution is -2.10. The molecule has 1 unspecified atom stereocenters. The van der Waals surface area contributed by atoms with E-state index in [1.807, 2.05) is 12.1 Å². The van der Waals surface area contributed by atoms with Crippen LogP contribution in [0.1, 0.15) is 28.5 Å². The average Bonchev–Trinajstić information content (AvgIpc) is 2.94. The van der Waals surface area contributed by atoms with E-state index < -0.39 is 11.0 Å². The Morgan fingerprint density at radius 2 is 1.92 bits per heavy atom. The predicted molar refractivity (Wildman–Crippen MR) is 107 cm³/mol. The molecule has 8 heteroatoms. The van der Waals surface area contributed by atoms with Crippen molar-refractivity contribution in [1.29, 1.82) is 0 Å². The third-order valence-corrected chi connectivity index (χ3v) is 5.18. The van der Waals surface area contributed by atoms with Crippen molar-refractivity contribution in [2.45, 2.75) is 12.5 Å². The van der Waals surface area contributed by atoms with E-state index in [0.717, 1.165) is 14.7 Å². The van der Waals surface area contributed by atoms with Gasteiger partial charge in [0.15, 0.2) is 0 Å². The lowest BCUT2D eigenvalue weighted by Gasteiger charge is -2.14.